The van der Waals surface area contributed by atoms with E-state index in [4.69, 9.17) is 11.6 Å². The molecule has 0 N–H and O–H groups in total. The molecule has 1 aromatic rings. The molecule has 0 nitrogen and oxygen atoms in total. The smallest absolute Gasteiger partial charge is 0.0245 e. The standard InChI is InChI=1S/C19H21Cl/c20-14-6-13-19-16-10-4-11-17(19)18(16,19)12-5-9-15-7-2-1-3-8-15/h1-3,7-8,16-17H,4,6,10-14H2/t16-,17+,18?,19?. The van der Waals surface area contributed by atoms with Crippen molar-refractivity contribution in [3.8, 4) is 11.8 Å². The number of alkyl halides is 1. The van der Waals surface area contributed by atoms with Crippen LogP contribution in [0.25, 0.3) is 0 Å². The molecule has 3 aliphatic carbocycles. The minimum absolute atomic E-state index is 0.624. The Morgan fingerprint density at radius 2 is 1.85 bits per heavy atom. The van der Waals surface area contributed by atoms with Gasteiger partial charge in [-0.15, -0.1) is 11.6 Å². The summed E-state index contributed by atoms with van der Waals surface area (Å²) in [7, 11) is 0. The third-order valence-electron chi connectivity index (χ3n) is 6.28. The molecule has 4 rings (SSSR count). The number of rotatable bonds is 4. The minimum Gasteiger partial charge on any atom is -0.127 e. The Hall–Kier alpha value is -0.930. The Morgan fingerprint density at radius 3 is 2.55 bits per heavy atom. The van der Waals surface area contributed by atoms with E-state index >= 15 is 0 Å². The van der Waals surface area contributed by atoms with E-state index in [0.29, 0.717) is 10.8 Å². The maximum atomic E-state index is 5.91. The molecule has 1 heteroatoms. The van der Waals surface area contributed by atoms with Crippen molar-refractivity contribution in [2.75, 3.05) is 5.88 Å². The predicted molar refractivity (Wildman–Crippen MR) is 83.6 cm³/mol. The van der Waals surface area contributed by atoms with Crippen molar-refractivity contribution in [3.05, 3.63) is 35.9 Å². The molecule has 0 heterocycles. The average Bonchev–Trinajstić information content (AvgIpc) is 3.32. The second-order valence-electron chi connectivity index (χ2n) is 6.75. The lowest BCUT2D eigenvalue weighted by Gasteiger charge is -2.27. The van der Waals surface area contributed by atoms with Crippen LogP contribution in [0.4, 0.5) is 0 Å². The van der Waals surface area contributed by atoms with Crippen LogP contribution in [0, 0.1) is 34.5 Å². The van der Waals surface area contributed by atoms with Crippen LogP contribution in [0.15, 0.2) is 30.3 Å². The highest BCUT2D eigenvalue weighted by molar-refractivity contribution is 6.17. The lowest BCUT2D eigenvalue weighted by Crippen LogP contribution is -2.19. The lowest BCUT2D eigenvalue weighted by molar-refractivity contribution is 0.224. The van der Waals surface area contributed by atoms with Gasteiger partial charge in [-0.2, -0.15) is 0 Å². The van der Waals surface area contributed by atoms with Gasteiger partial charge in [-0.1, -0.05) is 36.5 Å². The van der Waals surface area contributed by atoms with Gasteiger partial charge in [-0.25, -0.2) is 0 Å². The first-order chi connectivity index (χ1) is 9.86. The summed E-state index contributed by atoms with van der Waals surface area (Å²) >= 11 is 5.91. The van der Waals surface area contributed by atoms with Gasteiger partial charge in [0.2, 0.25) is 0 Å². The monoisotopic (exact) mass is 284 g/mol. The summed E-state index contributed by atoms with van der Waals surface area (Å²) in [5, 5.41) is 0. The van der Waals surface area contributed by atoms with E-state index in [1.807, 2.05) is 6.07 Å². The molecule has 2 unspecified atom stereocenters. The second-order valence-corrected chi connectivity index (χ2v) is 7.13. The van der Waals surface area contributed by atoms with Crippen LogP contribution >= 0.6 is 11.6 Å². The van der Waals surface area contributed by atoms with Crippen molar-refractivity contribution in [1.82, 2.24) is 0 Å². The fourth-order valence-corrected chi connectivity index (χ4v) is 5.73. The molecule has 104 valence electrons. The van der Waals surface area contributed by atoms with Gasteiger partial charge in [0.15, 0.2) is 0 Å². The number of halogens is 1. The van der Waals surface area contributed by atoms with Crippen molar-refractivity contribution in [2.24, 2.45) is 22.7 Å². The molecule has 4 atom stereocenters. The summed E-state index contributed by atoms with van der Waals surface area (Å²) in [6.07, 6.45) is 8.03. The molecule has 3 saturated carbocycles. The molecule has 3 aliphatic rings. The Kier molecular flexibility index (Phi) is 2.90. The van der Waals surface area contributed by atoms with E-state index in [1.54, 1.807) is 0 Å². The Labute approximate surface area is 126 Å². The van der Waals surface area contributed by atoms with Crippen LogP contribution < -0.4 is 0 Å². The third kappa shape index (κ3) is 1.51. The normalized spacial score (nSPS) is 39.5. The predicted octanol–water partition coefficient (Wildman–Crippen LogP) is 4.86. The third-order valence-corrected chi connectivity index (χ3v) is 6.55. The first-order valence-corrected chi connectivity index (χ1v) is 8.49. The van der Waals surface area contributed by atoms with Gasteiger partial charge in [-0.05, 0) is 60.5 Å². The highest BCUT2D eigenvalue weighted by Gasteiger charge is 2.95. The molecule has 0 radical (unpaired) electrons. The summed E-state index contributed by atoms with van der Waals surface area (Å²) in [4.78, 5) is 0. The molecular weight excluding hydrogens is 264 g/mol. The zero-order chi connectivity index (χ0) is 13.6. The number of hydrogen-bond acceptors (Lipinski definition) is 0. The zero-order valence-corrected chi connectivity index (χ0v) is 12.6. The maximum Gasteiger partial charge on any atom is 0.0245 e. The molecule has 0 spiro atoms. The summed E-state index contributed by atoms with van der Waals surface area (Å²) in [6, 6.07) is 10.4. The number of benzene rings is 1. The Balaban J connectivity index is 1.47. The molecular formula is C19H21Cl. The summed E-state index contributed by atoms with van der Waals surface area (Å²) in [5.74, 6) is 9.65. The van der Waals surface area contributed by atoms with Gasteiger partial charge in [0, 0.05) is 17.9 Å². The van der Waals surface area contributed by atoms with Crippen molar-refractivity contribution < 1.29 is 0 Å². The van der Waals surface area contributed by atoms with Crippen LogP contribution in [-0.4, -0.2) is 5.88 Å². The molecule has 1 aromatic carbocycles. The van der Waals surface area contributed by atoms with Crippen molar-refractivity contribution >= 4 is 11.6 Å². The van der Waals surface area contributed by atoms with Crippen LogP contribution in [0.5, 0.6) is 0 Å². The maximum absolute atomic E-state index is 5.91. The molecule has 0 bridgehead atoms. The van der Waals surface area contributed by atoms with Crippen molar-refractivity contribution in [3.63, 3.8) is 0 Å². The second kappa shape index (κ2) is 4.54. The van der Waals surface area contributed by atoms with Gasteiger partial charge in [0.05, 0.1) is 0 Å². The van der Waals surface area contributed by atoms with Crippen LogP contribution in [0.1, 0.15) is 44.1 Å². The van der Waals surface area contributed by atoms with E-state index in [2.05, 4.69) is 36.1 Å². The molecule has 0 saturated heterocycles. The highest BCUT2D eigenvalue weighted by atomic mass is 35.5. The summed E-state index contributed by atoms with van der Waals surface area (Å²) in [5.41, 5.74) is 2.46. The fraction of sp³-hybridized carbons (Fsp3) is 0.579. The van der Waals surface area contributed by atoms with E-state index < -0.39 is 0 Å². The highest BCUT2D eigenvalue weighted by Crippen LogP contribution is 2.99. The van der Waals surface area contributed by atoms with Gasteiger partial charge in [0.25, 0.3) is 0 Å². The fourth-order valence-electron chi connectivity index (χ4n) is 5.60. The van der Waals surface area contributed by atoms with Crippen LogP contribution in [0.3, 0.4) is 0 Å². The number of hydrogen-bond donors (Lipinski definition) is 0. The minimum atomic E-state index is 0.624. The van der Waals surface area contributed by atoms with Crippen LogP contribution in [0.2, 0.25) is 0 Å². The SMILES string of the molecule is ClCCCC12[C@@H]3CCC[C@H]1C32CC#Cc1ccccc1. The van der Waals surface area contributed by atoms with Crippen molar-refractivity contribution in [2.45, 2.75) is 38.5 Å². The topological polar surface area (TPSA) is 0 Å². The summed E-state index contributed by atoms with van der Waals surface area (Å²) < 4.78 is 0. The van der Waals surface area contributed by atoms with E-state index in [-0.39, 0.29) is 0 Å². The molecule has 3 fully saturated rings. The average molecular weight is 285 g/mol. The first kappa shape index (κ1) is 12.8. The van der Waals surface area contributed by atoms with E-state index in [9.17, 15) is 0 Å². The van der Waals surface area contributed by atoms with Crippen molar-refractivity contribution in [1.29, 1.82) is 0 Å². The van der Waals surface area contributed by atoms with Gasteiger partial charge < -0.3 is 0 Å². The quantitative estimate of drug-likeness (QED) is 0.547. The Bertz CT molecular complexity index is 550. The van der Waals surface area contributed by atoms with Gasteiger partial charge in [0.1, 0.15) is 0 Å². The number of fused-ring (bicyclic) bond motifs is 2. The van der Waals surface area contributed by atoms with Crippen LogP contribution in [-0.2, 0) is 0 Å². The molecule has 20 heavy (non-hydrogen) atoms. The largest absolute Gasteiger partial charge is 0.127 e. The Morgan fingerprint density at radius 1 is 1.10 bits per heavy atom. The molecule has 0 aromatic heterocycles. The lowest BCUT2D eigenvalue weighted by atomic mass is 9.77. The zero-order valence-electron chi connectivity index (χ0n) is 11.9. The first-order valence-electron chi connectivity index (χ1n) is 7.96. The molecule has 0 amide bonds. The summed E-state index contributed by atoms with van der Waals surface area (Å²) in [6.45, 7) is 0. The van der Waals surface area contributed by atoms with Gasteiger partial charge in [-0.3, -0.25) is 0 Å². The van der Waals surface area contributed by atoms with E-state index in [0.717, 1.165) is 29.7 Å². The molecule has 0 aliphatic heterocycles. The van der Waals surface area contributed by atoms with E-state index in [1.165, 1.54) is 32.1 Å². The van der Waals surface area contributed by atoms with Gasteiger partial charge >= 0.3 is 0 Å².